The molecule has 2 nitrogen and oxygen atoms in total. The first-order chi connectivity index (χ1) is 6.27. The molecule has 2 aromatic rings. The summed E-state index contributed by atoms with van der Waals surface area (Å²) in [7, 11) is 0. The van der Waals surface area contributed by atoms with Crippen molar-refractivity contribution in [2.75, 3.05) is 5.73 Å². The van der Waals surface area contributed by atoms with Gasteiger partial charge in [0.15, 0.2) is 0 Å². The summed E-state index contributed by atoms with van der Waals surface area (Å²) < 4.78 is 0.895. The summed E-state index contributed by atoms with van der Waals surface area (Å²) in [5.41, 5.74) is 6.73. The molecule has 0 amide bonds. The molecule has 13 heavy (non-hydrogen) atoms. The lowest BCUT2D eigenvalue weighted by Gasteiger charge is -1.92. The molecule has 0 unspecified atom stereocenters. The summed E-state index contributed by atoms with van der Waals surface area (Å²) in [5, 5.41) is 0.949. The highest BCUT2D eigenvalue weighted by atomic mass is 79.9. The van der Waals surface area contributed by atoms with Gasteiger partial charge < -0.3 is 5.73 Å². The Morgan fingerprint density at radius 1 is 1.23 bits per heavy atom. The number of nitrogens with zero attached hydrogens (tertiary/aromatic N) is 1. The number of anilines is 1. The van der Waals surface area contributed by atoms with E-state index < -0.39 is 0 Å². The maximum Gasteiger partial charge on any atom is 0.149 e. The number of rotatable bonds is 1. The van der Waals surface area contributed by atoms with Crippen LogP contribution in [0.2, 0.25) is 0 Å². The van der Waals surface area contributed by atoms with Gasteiger partial charge in [0.1, 0.15) is 14.6 Å². The molecule has 0 saturated heterocycles. The van der Waals surface area contributed by atoms with Crippen LogP contribution < -0.4 is 5.73 Å². The first kappa shape index (κ1) is 8.72. The number of aromatic nitrogens is 1. The van der Waals surface area contributed by atoms with Crippen molar-refractivity contribution >= 4 is 33.1 Å². The molecule has 4 heteroatoms. The second kappa shape index (κ2) is 3.47. The molecule has 0 bridgehead atoms. The van der Waals surface area contributed by atoms with Crippen molar-refractivity contribution in [3.05, 3.63) is 34.1 Å². The van der Waals surface area contributed by atoms with Crippen LogP contribution in [0.3, 0.4) is 0 Å². The number of benzene rings is 1. The molecule has 2 rings (SSSR count). The standard InChI is InChI=1S/C9H7BrN2S/c10-7-8(11)12-9(13-7)6-4-2-1-3-5-6/h1-5H,11H2. The van der Waals surface area contributed by atoms with Gasteiger partial charge in [-0.05, 0) is 15.9 Å². The molecule has 66 valence electrons. The number of nitrogen functional groups attached to an aromatic ring is 1. The molecule has 0 fully saturated rings. The summed E-state index contributed by atoms with van der Waals surface area (Å²) in [6.45, 7) is 0. The molecule has 2 N–H and O–H groups in total. The third-order valence-corrected chi connectivity index (χ3v) is 3.43. The third-order valence-electron chi connectivity index (χ3n) is 1.63. The zero-order valence-electron chi connectivity index (χ0n) is 6.70. The average Bonchev–Trinajstić information content (AvgIpc) is 2.49. The maximum atomic E-state index is 5.63. The summed E-state index contributed by atoms with van der Waals surface area (Å²) in [4.78, 5) is 4.23. The predicted octanol–water partition coefficient (Wildman–Crippen LogP) is 3.15. The van der Waals surface area contributed by atoms with E-state index in [0.717, 1.165) is 14.4 Å². The Morgan fingerprint density at radius 2 is 1.92 bits per heavy atom. The van der Waals surface area contributed by atoms with Gasteiger partial charge in [-0.1, -0.05) is 30.3 Å². The van der Waals surface area contributed by atoms with E-state index in [2.05, 4.69) is 20.9 Å². The predicted molar refractivity (Wildman–Crippen MR) is 59.7 cm³/mol. The summed E-state index contributed by atoms with van der Waals surface area (Å²) in [6.07, 6.45) is 0. The van der Waals surface area contributed by atoms with Crippen LogP contribution >= 0.6 is 27.3 Å². The molecular formula is C9H7BrN2S. The lowest BCUT2D eigenvalue weighted by atomic mass is 10.2. The third kappa shape index (κ3) is 1.73. The van der Waals surface area contributed by atoms with Crippen LogP contribution in [0.5, 0.6) is 0 Å². The van der Waals surface area contributed by atoms with E-state index in [1.165, 1.54) is 0 Å². The Morgan fingerprint density at radius 3 is 2.46 bits per heavy atom. The first-order valence-corrected chi connectivity index (χ1v) is 5.35. The lowest BCUT2D eigenvalue weighted by Crippen LogP contribution is -1.84. The van der Waals surface area contributed by atoms with E-state index in [-0.39, 0.29) is 0 Å². The quantitative estimate of drug-likeness (QED) is 0.850. The number of hydrogen-bond acceptors (Lipinski definition) is 3. The van der Waals surface area contributed by atoms with Crippen LogP contribution in [0, 0.1) is 0 Å². The molecule has 0 radical (unpaired) electrons. The highest BCUT2D eigenvalue weighted by Gasteiger charge is 2.06. The van der Waals surface area contributed by atoms with Crippen molar-refractivity contribution in [2.24, 2.45) is 0 Å². The Hall–Kier alpha value is -0.870. The fraction of sp³-hybridized carbons (Fsp3) is 0. The minimum absolute atomic E-state index is 0.559. The van der Waals surface area contributed by atoms with Gasteiger partial charge in [0, 0.05) is 5.56 Å². The van der Waals surface area contributed by atoms with Crippen molar-refractivity contribution < 1.29 is 0 Å². The Kier molecular flexibility index (Phi) is 2.33. The van der Waals surface area contributed by atoms with Gasteiger partial charge in [-0.15, -0.1) is 11.3 Å². The van der Waals surface area contributed by atoms with Crippen molar-refractivity contribution in [2.45, 2.75) is 0 Å². The maximum absolute atomic E-state index is 5.63. The van der Waals surface area contributed by atoms with Crippen LogP contribution in [0.4, 0.5) is 5.82 Å². The molecule has 0 atom stereocenters. The molecule has 0 aliphatic heterocycles. The molecule has 0 spiro atoms. The zero-order chi connectivity index (χ0) is 9.26. The van der Waals surface area contributed by atoms with E-state index in [0.29, 0.717) is 5.82 Å². The second-order valence-electron chi connectivity index (χ2n) is 2.54. The van der Waals surface area contributed by atoms with Gasteiger partial charge in [0.05, 0.1) is 0 Å². The molecule has 0 saturated carbocycles. The fourth-order valence-electron chi connectivity index (χ4n) is 1.02. The molecular weight excluding hydrogens is 248 g/mol. The number of hydrogen-bond donors (Lipinski definition) is 1. The van der Waals surface area contributed by atoms with Crippen LogP contribution in [0.1, 0.15) is 0 Å². The Bertz CT molecular complexity index is 391. The average molecular weight is 255 g/mol. The summed E-state index contributed by atoms with van der Waals surface area (Å²) in [6, 6.07) is 9.99. The Balaban J connectivity index is 2.48. The van der Waals surface area contributed by atoms with Gasteiger partial charge in [-0.25, -0.2) is 4.98 Å². The van der Waals surface area contributed by atoms with Gasteiger partial charge in [-0.2, -0.15) is 0 Å². The Labute approximate surface area is 88.6 Å². The summed E-state index contributed by atoms with van der Waals surface area (Å²) in [5.74, 6) is 0.559. The van der Waals surface area contributed by atoms with Crippen LogP contribution in [0.25, 0.3) is 10.6 Å². The molecule has 1 aromatic heterocycles. The topological polar surface area (TPSA) is 38.9 Å². The molecule has 0 aliphatic carbocycles. The van der Waals surface area contributed by atoms with E-state index in [1.807, 2.05) is 30.3 Å². The van der Waals surface area contributed by atoms with Gasteiger partial charge in [0.2, 0.25) is 0 Å². The van der Waals surface area contributed by atoms with E-state index in [9.17, 15) is 0 Å². The van der Waals surface area contributed by atoms with Crippen LogP contribution in [0.15, 0.2) is 34.1 Å². The van der Waals surface area contributed by atoms with Crippen molar-refractivity contribution in [1.82, 2.24) is 4.98 Å². The highest BCUT2D eigenvalue weighted by Crippen LogP contribution is 2.32. The normalized spacial score (nSPS) is 10.2. The lowest BCUT2D eigenvalue weighted by molar-refractivity contribution is 1.41. The second-order valence-corrected chi connectivity index (χ2v) is 4.86. The molecule has 1 aromatic carbocycles. The zero-order valence-corrected chi connectivity index (χ0v) is 9.10. The summed E-state index contributed by atoms with van der Waals surface area (Å²) >= 11 is 4.89. The SMILES string of the molecule is Nc1nc(-c2ccccc2)sc1Br. The largest absolute Gasteiger partial charge is 0.382 e. The molecule has 1 heterocycles. The van der Waals surface area contributed by atoms with Crippen LogP contribution in [-0.2, 0) is 0 Å². The number of halogens is 1. The minimum atomic E-state index is 0.559. The monoisotopic (exact) mass is 254 g/mol. The number of nitrogens with two attached hydrogens (primary N) is 1. The van der Waals surface area contributed by atoms with Crippen LogP contribution in [-0.4, -0.2) is 4.98 Å². The van der Waals surface area contributed by atoms with E-state index >= 15 is 0 Å². The minimum Gasteiger partial charge on any atom is -0.382 e. The van der Waals surface area contributed by atoms with Gasteiger partial charge in [0.25, 0.3) is 0 Å². The van der Waals surface area contributed by atoms with Crippen molar-refractivity contribution in [1.29, 1.82) is 0 Å². The molecule has 0 aliphatic rings. The van der Waals surface area contributed by atoms with E-state index in [1.54, 1.807) is 11.3 Å². The van der Waals surface area contributed by atoms with Gasteiger partial charge >= 0.3 is 0 Å². The van der Waals surface area contributed by atoms with E-state index in [4.69, 9.17) is 5.73 Å². The fourth-order valence-corrected chi connectivity index (χ4v) is 2.28. The first-order valence-electron chi connectivity index (χ1n) is 3.74. The van der Waals surface area contributed by atoms with Gasteiger partial charge in [-0.3, -0.25) is 0 Å². The van der Waals surface area contributed by atoms with Crippen molar-refractivity contribution in [3.63, 3.8) is 0 Å². The number of thiazole rings is 1. The smallest absolute Gasteiger partial charge is 0.149 e. The highest BCUT2D eigenvalue weighted by molar-refractivity contribution is 9.11. The van der Waals surface area contributed by atoms with Crippen molar-refractivity contribution in [3.8, 4) is 10.6 Å².